The molecule has 0 aromatic carbocycles. The minimum atomic E-state index is 0.874. The van der Waals surface area contributed by atoms with Crippen LogP contribution in [0.1, 0.15) is 12.5 Å². The SMILES string of the molecule is CCc1c(NC)ncnc1Sc1ccncn1. The van der Waals surface area contributed by atoms with Crippen LogP contribution in [-0.4, -0.2) is 27.0 Å². The Kier molecular flexibility index (Phi) is 3.87. The summed E-state index contributed by atoms with van der Waals surface area (Å²) in [5, 5.41) is 4.90. The molecule has 2 aromatic rings. The molecule has 0 radical (unpaired) electrons. The predicted octanol–water partition coefficient (Wildman–Crippen LogP) is 2.02. The highest BCUT2D eigenvalue weighted by atomic mass is 32.2. The van der Waals surface area contributed by atoms with Gasteiger partial charge in [-0.05, 0) is 24.2 Å². The van der Waals surface area contributed by atoms with Crippen molar-refractivity contribution in [2.75, 3.05) is 12.4 Å². The standard InChI is InChI=1S/C11H13N5S/c1-3-8-10(12-2)15-7-16-11(8)17-9-4-5-13-6-14-9/h4-7H,3H2,1-2H3,(H,12,15,16). The summed E-state index contributed by atoms with van der Waals surface area (Å²) in [5.74, 6) is 0.874. The van der Waals surface area contributed by atoms with Crippen LogP contribution in [0.5, 0.6) is 0 Å². The monoisotopic (exact) mass is 247 g/mol. The second kappa shape index (κ2) is 5.58. The van der Waals surface area contributed by atoms with Crippen molar-refractivity contribution >= 4 is 17.6 Å². The highest BCUT2D eigenvalue weighted by Gasteiger charge is 2.10. The van der Waals surface area contributed by atoms with Gasteiger partial charge in [-0.2, -0.15) is 0 Å². The molecular formula is C11H13N5S. The van der Waals surface area contributed by atoms with Crippen molar-refractivity contribution in [1.82, 2.24) is 19.9 Å². The third-order valence-corrected chi connectivity index (χ3v) is 3.25. The molecule has 0 saturated heterocycles. The summed E-state index contributed by atoms with van der Waals surface area (Å²) in [6, 6.07) is 1.87. The molecule has 0 spiro atoms. The topological polar surface area (TPSA) is 63.6 Å². The van der Waals surface area contributed by atoms with Gasteiger partial charge in [0.25, 0.3) is 0 Å². The molecular weight excluding hydrogens is 234 g/mol. The quantitative estimate of drug-likeness (QED) is 0.834. The van der Waals surface area contributed by atoms with E-state index in [2.05, 4.69) is 32.2 Å². The second-order valence-electron chi connectivity index (χ2n) is 3.26. The lowest BCUT2D eigenvalue weighted by Crippen LogP contribution is -2.01. The third kappa shape index (κ3) is 2.71. The van der Waals surface area contributed by atoms with Crippen LogP contribution in [0.15, 0.2) is 35.0 Å². The van der Waals surface area contributed by atoms with Crippen LogP contribution < -0.4 is 5.32 Å². The van der Waals surface area contributed by atoms with E-state index in [1.807, 2.05) is 13.1 Å². The van der Waals surface area contributed by atoms with E-state index in [1.165, 1.54) is 18.1 Å². The van der Waals surface area contributed by atoms with Crippen molar-refractivity contribution in [3.63, 3.8) is 0 Å². The minimum absolute atomic E-state index is 0.874. The van der Waals surface area contributed by atoms with Gasteiger partial charge >= 0.3 is 0 Å². The summed E-state index contributed by atoms with van der Waals surface area (Å²) >= 11 is 1.53. The van der Waals surface area contributed by atoms with E-state index >= 15 is 0 Å². The minimum Gasteiger partial charge on any atom is -0.373 e. The number of nitrogens with zero attached hydrogens (tertiary/aromatic N) is 4. The number of hydrogen-bond donors (Lipinski definition) is 1. The van der Waals surface area contributed by atoms with Gasteiger partial charge in [-0.3, -0.25) is 0 Å². The molecule has 0 unspecified atom stereocenters. The maximum absolute atomic E-state index is 4.30. The van der Waals surface area contributed by atoms with Crippen LogP contribution in [0, 0.1) is 0 Å². The van der Waals surface area contributed by atoms with Crippen LogP contribution in [0.2, 0.25) is 0 Å². The Morgan fingerprint density at radius 1 is 1.24 bits per heavy atom. The van der Waals surface area contributed by atoms with Crippen LogP contribution >= 0.6 is 11.8 Å². The summed E-state index contributed by atoms with van der Waals surface area (Å²) in [7, 11) is 1.86. The lowest BCUT2D eigenvalue weighted by atomic mass is 10.2. The van der Waals surface area contributed by atoms with Crippen molar-refractivity contribution in [2.45, 2.75) is 23.4 Å². The molecule has 0 aliphatic rings. The fourth-order valence-electron chi connectivity index (χ4n) is 1.46. The zero-order chi connectivity index (χ0) is 12.1. The Balaban J connectivity index is 2.33. The zero-order valence-electron chi connectivity index (χ0n) is 9.71. The van der Waals surface area contributed by atoms with E-state index in [4.69, 9.17) is 0 Å². The van der Waals surface area contributed by atoms with Crippen molar-refractivity contribution in [2.24, 2.45) is 0 Å². The first-order chi connectivity index (χ1) is 8.35. The molecule has 0 saturated carbocycles. The second-order valence-corrected chi connectivity index (χ2v) is 4.27. The number of nitrogens with one attached hydrogen (secondary N) is 1. The van der Waals surface area contributed by atoms with E-state index in [-0.39, 0.29) is 0 Å². The van der Waals surface area contributed by atoms with E-state index in [9.17, 15) is 0 Å². The van der Waals surface area contributed by atoms with Gasteiger partial charge in [0.1, 0.15) is 28.5 Å². The number of hydrogen-bond acceptors (Lipinski definition) is 6. The molecule has 88 valence electrons. The first-order valence-corrected chi connectivity index (χ1v) is 6.12. The summed E-state index contributed by atoms with van der Waals surface area (Å²) in [6.45, 7) is 2.09. The molecule has 0 amide bonds. The Labute approximate surface area is 104 Å². The zero-order valence-corrected chi connectivity index (χ0v) is 10.5. The van der Waals surface area contributed by atoms with Gasteiger partial charge in [0.05, 0.1) is 0 Å². The normalized spacial score (nSPS) is 10.2. The average Bonchev–Trinajstić information content (AvgIpc) is 2.39. The van der Waals surface area contributed by atoms with Crippen molar-refractivity contribution in [1.29, 1.82) is 0 Å². The Morgan fingerprint density at radius 2 is 2.12 bits per heavy atom. The molecule has 0 aliphatic heterocycles. The molecule has 0 aliphatic carbocycles. The lowest BCUT2D eigenvalue weighted by molar-refractivity contribution is 0.940. The van der Waals surface area contributed by atoms with Crippen LogP contribution in [-0.2, 0) is 6.42 Å². The van der Waals surface area contributed by atoms with E-state index in [0.29, 0.717) is 0 Å². The van der Waals surface area contributed by atoms with Crippen molar-refractivity contribution in [3.8, 4) is 0 Å². The molecule has 17 heavy (non-hydrogen) atoms. The summed E-state index contributed by atoms with van der Waals surface area (Å²) in [4.78, 5) is 16.6. The van der Waals surface area contributed by atoms with Gasteiger partial charge in [-0.1, -0.05) is 6.92 Å². The van der Waals surface area contributed by atoms with Crippen molar-refractivity contribution in [3.05, 3.63) is 30.5 Å². The van der Waals surface area contributed by atoms with Gasteiger partial charge in [-0.15, -0.1) is 0 Å². The first-order valence-electron chi connectivity index (χ1n) is 5.30. The van der Waals surface area contributed by atoms with Gasteiger partial charge in [0.2, 0.25) is 0 Å². The largest absolute Gasteiger partial charge is 0.373 e. The maximum atomic E-state index is 4.30. The Bertz CT molecular complexity index is 488. The smallest absolute Gasteiger partial charge is 0.133 e. The molecule has 0 atom stereocenters. The van der Waals surface area contributed by atoms with Crippen LogP contribution in [0.3, 0.4) is 0 Å². The number of aromatic nitrogens is 4. The molecule has 0 fully saturated rings. The Morgan fingerprint density at radius 3 is 2.76 bits per heavy atom. The van der Waals surface area contributed by atoms with Crippen LogP contribution in [0.25, 0.3) is 0 Å². The van der Waals surface area contributed by atoms with Gasteiger partial charge in [0, 0.05) is 18.8 Å². The molecule has 2 heterocycles. The fourth-order valence-corrected chi connectivity index (χ4v) is 2.35. The Hall–Kier alpha value is -1.69. The van der Waals surface area contributed by atoms with E-state index in [1.54, 1.807) is 12.5 Å². The molecule has 6 heteroatoms. The highest BCUT2D eigenvalue weighted by Crippen LogP contribution is 2.29. The first kappa shape index (κ1) is 11.8. The summed E-state index contributed by atoms with van der Waals surface area (Å²) < 4.78 is 0. The molecule has 2 rings (SSSR count). The van der Waals surface area contributed by atoms with Crippen LogP contribution in [0.4, 0.5) is 5.82 Å². The lowest BCUT2D eigenvalue weighted by Gasteiger charge is -2.09. The number of anilines is 1. The molecule has 5 nitrogen and oxygen atoms in total. The predicted molar refractivity (Wildman–Crippen MR) is 67.1 cm³/mol. The highest BCUT2D eigenvalue weighted by molar-refractivity contribution is 7.99. The molecule has 0 bridgehead atoms. The summed E-state index contributed by atoms with van der Waals surface area (Å²) in [6.07, 6.45) is 5.70. The molecule has 2 aromatic heterocycles. The molecule has 1 N–H and O–H groups in total. The number of rotatable bonds is 4. The van der Waals surface area contributed by atoms with E-state index in [0.717, 1.165) is 27.9 Å². The van der Waals surface area contributed by atoms with E-state index < -0.39 is 0 Å². The van der Waals surface area contributed by atoms with Gasteiger partial charge in [-0.25, -0.2) is 19.9 Å². The maximum Gasteiger partial charge on any atom is 0.133 e. The third-order valence-electron chi connectivity index (χ3n) is 2.25. The van der Waals surface area contributed by atoms with Crippen molar-refractivity contribution < 1.29 is 0 Å². The fraction of sp³-hybridized carbons (Fsp3) is 0.273. The van der Waals surface area contributed by atoms with Gasteiger partial charge in [0.15, 0.2) is 0 Å². The van der Waals surface area contributed by atoms with Gasteiger partial charge < -0.3 is 5.32 Å². The summed E-state index contributed by atoms with van der Waals surface area (Å²) in [5.41, 5.74) is 1.11. The average molecular weight is 247 g/mol.